The zero-order chi connectivity index (χ0) is 6.69. The van der Waals surface area contributed by atoms with Gasteiger partial charge in [0.15, 0.2) is 0 Å². The van der Waals surface area contributed by atoms with Crippen molar-refractivity contribution in [3.8, 4) is 0 Å². The molecule has 0 atom stereocenters. The fourth-order valence-electron chi connectivity index (χ4n) is 1.28. The van der Waals surface area contributed by atoms with E-state index in [4.69, 9.17) is 0 Å². The summed E-state index contributed by atoms with van der Waals surface area (Å²) in [6.45, 7) is 2.51. The van der Waals surface area contributed by atoms with Crippen molar-refractivity contribution in [3.05, 3.63) is 0 Å². The number of piperidine rings is 1. The molecule has 0 aromatic carbocycles. The van der Waals surface area contributed by atoms with E-state index in [-0.39, 0.29) is 24.8 Å². The number of nitrogens with zero attached hydrogens (tertiary/aromatic N) is 2. The molecule has 1 fully saturated rings. The SMILES string of the molecule is CN(C)N1CCCCC1.Cl.Cl. The predicted octanol–water partition coefficient (Wildman–Crippen LogP) is 1.79. The quantitative estimate of drug-likeness (QED) is 0.638. The summed E-state index contributed by atoms with van der Waals surface area (Å²) in [7, 11) is 4.23. The molecule has 1 aliphatic rings. The first kappa shape index (κ1) is 14.0. The highest BCUT2D eigenvalue weighted by Crippen LogP contribution is 2.08. The van der Waals surface area contributed by atoms with Crippen LogP contribution >= 0.6 is 24.8 Å². The summed E-state index contributed by atoms with van der Waals surface area (Å²) in [6, 6.07) is 0. The summed E-state index contributed by atoms with van der Waals surface area (Å²) in [4.78, 5) is 0. The maximum absolute atomic E-state index is 2.39. The molecule has 0 radical (unpaired) electrons. The molecule has 0 amide bonds. The van der Waals surface area contributed by atoms with Gasteiger partial charge in [-0.05, 0) is 12.8 Å². The lowest BCUT2D eigenvalue weighted by molar-refractivity contribution is 0.00746. The van der Waals surface area contributed by atoms with E-state index in [0.717, 1.165) is 0 Å². The molecule has 1 saturated heterocycles. The molecule has 11 heavy (non-hydrogen) atoms. The molecule has 70 valence electrons. The van der Waals surface area contributed by atoms with Gasteiger partial charge < -0.3 is 0 Å². The molecule has 0 saturated carbocycles. The summed E-state index contributed by atoms with van der Waals surface area (Å²) in [6.07, 6.45) is 4.17. The second-order valence-corrected chi connectivity index (χ2v) is 2.86. The Morgan fingerprint density at radius 3 is 1.64 bits per heavy atom. The number of hydrazine groups is 1. The second-order valence-electron chi connectivity index (χ2n) is 2.86. The van der Waals surface area contributed by atoms with Crippen molar-refractivity contribution >= 4 is 24.8 Å². The summed E-state index contributed by atoms with van der Waals surface area (Å²) in [5.41, 5.74) is 0. The largest absolute Gasteiger partial charge is 0.248 e. The Morgan fingerprint density at radius 2 is 1.36 bits per heavy atom. The molecule has 0 aromatic heterocycles. The summed E-state index contributed by atoms with van der Waals surface area (Å²) in [5.74, 6) is 0. The smallest absolute Gasteiger partial charge is 0.0133 e. The van der Waals surface area contributed by atoms with Crippen molar-refractivity contribution in [2.75, 3.05) is 27.2 Å². The molecule has 0 unspecified atom stereocenters. The first-order valence-electron chi connectivity index (χ1n) is 3.73. The first-order chi connectivity index (χ1) is 4.30. The van der Waals surface area contributed by atoms with E-state index in [1.54, 1.807) is 0 Å². The maximum Gasteiger partial charge on any atom is 0.0133 e. The maximum atomic E-state index is 2.39. The third kappa shape index (κ3) is 4.86. The highest BCUT2D eigenvalue weighted by Gasteiger charge is 2.10. The lowest BCUT2D eigenvalue weighted by Gasteiger charge is -2.31. The van der Waals surface area contributed by atoms with Crippen LogP contribution in [-0.2, 0) is 0 Å². The minimum atomic E-state index is 0. The highest BCUT2D eigenvalue weighted by molar-refractivity contribution is 5.85. The Bertz CT molecular complexity index is 82.5. The summed E-state index contributed by atoms with van der Waals surface area (Å²) >= 11 is 0. The Hall–Kier alpha value is 0.500. The number of halogens is 2. The number of hydrogen-bond donors (Lipinski definition) is 0. The fourth-order valence-corrected chi connectivity index (χ4v) is 1.28. The molecular weight excluding hydrogens is 183 g/mol. The molecule has 0 N–H and O–H groups in total. The molecule has 0 aromatic rings. The van der Waals surface area contributed by atoms with Crippen molar-refractivity contribution in [1.82, 2.24) is 10.0 Å². The van der Waals surface area contributed by atoms with Gasteiger partial charge in [0.05, 0.1) is 0 Å². The van der Waals surface area contributed by atoms with E-state index in [1.165, 1.54) is 32.4 Å². The van der Waals surface area contributed by atoms with E-state index in [9.17, 15) is 0 Å². The van der Waals surface area contributed by atoms with Crippen LogP contribution in [0.5, 0.6) is 0 Å². The van der Waals surface area contributed by atoms with Crippen LogP contribution in [0.1, 0.15) is 19.3 Å². The third-order valence-corrected chi connectivity index (χ3v) is 1.90. The molecule has 1 aliphatic heterocycles. The second kappa shape index (κ2) is 7.17. The van der Waals surface area contributed by atoms with Crippen LogP contribution in [0.25, 0.3) is 0 Å². The topological polar surface area (TPSA) is 6.48 Å². The van der Waals surface area contributed by atoms with Gasteiger partial charge >= 0.3 is 0 Å². The molecular formula is C7H18Cl2N2. The van der Waals surface area contributed by atoms with Gasteiger partial charge in [-0.15, -0.1) is 24.8 Å². The first-order valence-corrected chi connectivity index (χ1v) is 3.73. The van der Waals surface area contributed by atoms with Crippen LogP contribution in [0.2, 0.25) is 0 Å². The molecule has 4 heteroatoms. The van der Waals surface area contributed by atoms with Gasteiger partial charge in [0.25, 0.3) is 0 Å². The normalized spacial score (nSPS) is 18.8. The lowest BCUT2D eigenvalue weighted by atomic mass is 10.2. The van der Waals surface area contributed by atoms with E-state index in [0.29, 0.717) is 0 Å². The van der Waals surface area contributed by atoms with Gasteiger partial charge in [-0.2, -0.15) is 0 Å². The van der Waals surface area contributed by atoms with Crippen molar-refractivity contribution in [2.24, 2.45) is 0 Å². The Labute approximate surface area is 81.7 Å². The highest BCUT2D eigenvalue weighted by atomic mass is 35.5. The van der Waals surface area contributed by atoms with Crippen LogP contribution in [0.15, 0.2) is 0 Å². The van der Waals surface area contributed by atoms with Crippen LogP contribution in [0, 0.1) is 0 Å². The Morgan fingerprint density at radius 1 is 0.909 bits per heavy atom. The van der Waals surface area contributed by atoms with Crippen LogP contribution < -0.4 is 0 Å². The lowest BCUT2D eigenvalue weighted by Crippen LogP contribution is -2.40. The standard InChI is InChI=1S/C7H16N2.2ClH/c1-8(2)9-6-4-3-5-7-9;;/h3-7H2,1-2H3;2*1H. The van der Waals surface area contributed by atoms with E-state index in [2.05, 4.69) is 24.1 Å². The fraction of sp³-hybridized carbons (Fsp3) is 1.00. The van der Waals surface area contributed by atoms with Gasteiger partial charge in [-0.1, -0.05) is 6.42 Å². The van der Waals surface area contributed by atoms with Crippen molar-refractivity contribution in [2.45, 2.75) is 19.3 Å². The molecule has 0 aliphatic carbocycles. The number of rotatable bonds is 1. The predicted molar refractivity (Wildman–Crippen MR) is 53.6 cm³/mol. The average Bonchev–Trinajstić information content (AvgIpc) is 1.90. The zero-order valence-electron chi connectivity index (χ0n) is 7.25. The molecule has 0 spiro atoms. The average molecular weight is 201 g/mol. The van der Waals surface area contributed by atoms with Gasteiger partial charge in [0.2, 0.25) is 0 Å². The van der Waals surface area contributed by atoms with Gasteiger partial charge in [-0.3, -0.25) is 0 Å². The minimum Gasteiger partial charge on any atom is -0.248 e. The Balaban J connectivity index is 0. The van der Waals surface area contributed by atoms with Crippen molar-refractivity contribution < 1.29 is 0 Å². The van der Waals surface area contributed by atoms with Gasteiger partial charge in [0, 0.05) is 27.2 Å². The van der Waals surface area contributed by atoms with Crippen LogP contribution in [0.3, 0.4) is 0 Å². The van der Waals surface area contributed by atoms with E-state index in [1.807, 2.05) is 0 Å². The third-order valence-electron chi connectivity index (χ3n) is 1.90. The van der Waals surface area contributed by atoms with Crippen molar-refractivity contribution in [1.29, 1.82) is 0 Å². The van der Waals surface area contributed by atoms with E-state index < -0.39 is 0 Å². The molecule has 2 nitrogen and oxygen atoms in total. The van der Waals surface area contributed by atoms with Crippen LogP contribution in [-0.4, -0.2) is 37.2 Å². The summed E-state index contributed by atoms with van der Waals surface area (Å²) < 4.78 is 0. The monoisotopic (exact) mass is 200 g/mol. The zero-order valence-corrected chi connectivity index (χ0v) is 8.88. The molecule has 0 bridgehead atoms. The minimum absolute atomic E-state index is 0. The van der Waals surface area contributed by atoms with Crippen LogP contribution in [0.4, 0.5) is 0 Å². The molecule has 1 heterocycles. The Kier molecular flexibility index (Phi) is 9.15. The van der Waals surface area contributed by atoms with E-state index >= 15 is 0 Å². The molecule has 1 rings (SSSR count). The van der Waals surface area contributed by atoms with Gasteiger partial charge in [-0.25, -0.2) is 10.0 Å². The summed E-state index contributed by atoms with van der Waals surface area (Å²) in [5, 5.41) is 4.59. The van der Waals surface area contributed by atoms with Gasteiger partial charge in [0.1, 0.15) is 0 Å². The number of hydrogen-bond acceptors (Lipinski definition) is 2. The van der Waals surface area contributed by atoms with Crippen molar-refractivity contribution in [3.63, 3.8) is 0 Å².